The van der Waals surface area contributed by atoms with Gasteiger partial charge in [0.15, 0.2) is 0 Å². The number of nitrogen functional groups attached to an aromatic ring is 1. The van der Waals surface area contributed by atoms with Crippen LogP contribution in [0.25, 0.3) is 11.1 Å². The van der Waals surface area contributed by atoms with Gasteiger partial charge >= 0.3 is 0 Å². The van der Waals surface area contributed by atoms with Crippen molar-refractivity contribution in [2.24, 2.45) is 0 Å². The number of anilines is 1. The fraction of sp³-hybridized carbons (Fsp3) is 0.231. The molecule has 2 rings (SSSR count). The second-order valence-electron chi connectivity index (χ2n) is 3.80. The maximum atomic E-state index is 5.80. The van der Waals surface area contributed by atoms with Crippen molar-refractivity contribution in [1.82, 2.24) is 0 Å². The Labute approximate surface area is 99.7 Å². The van der Waals surface area contributed by atoms with E-state index in [-0.39, 0.29) is 0 Å². The molecule has 0 aliphatic heterocycles. The Morgan fingerprint density at radius 3 is 2.44 bits per heavy atom. The Kier molecular flexibility index (Phi) is 2.88. The highest BCUT2D eigenvalue weighted by Crippen LogP contribution is 2.34. The predicted molar refractivity (Wildman–Crippen MR) is 70.2 cm³/mol. The molecule has 2 aromatic rings. The number of hydrogen-bond donors (Lipinski definition) is 1. The van der Waals surface area contributed by atoms with Crippen molar-refractivity contribution in [1.29, 1.82) is 0 Å². The van der Waals surface area contributed by atoms with Gasteiger partial charge in [0.05, 0.1) is 12.1 Å². The van der Waals surface area contributed by atoms with E-state index in [9.17, 15) is 0 Å². The van der Waals surface area contributed by atoms with Crippen LogP contribution in [0.15, 0.2) is 24.3 Å². The summed E-state index contributed by atoms with van der Waals surface area (Å²) in [5, 5.41) is 0.862. The number of benzene rings is 1. The molecule has 0 aliphatic carbocycles. The molecule has 0 bridgehead atoms. The van der Waals surface area contributed by atoms with Crippen LogP contribution in [-0.4, -0.2) is 7.11 Å². The van der Waals surface area contributed by atoms with Crippen LogP contribution in [0, 0.1) is 13.8 Å². The van der Waals surface area contributed by atoms with Crippen LogP contribution in [0.5, 0.6) is 5.75 Å². The third-order valence-corrected chi connectivity index (χ3v) is 3.52. The quantitative estimate of drug-likeness (QED) is 0.859. The highest BCUT2D eigenvalue weighted by Gasteiger charge is 2.07. The minimum Gasteiger partial charge on any atom is -0.496 e. The van der Waals surface area contributed by atoms with E-state index >= 15 is 0 Å². The lowest BCUT2D eigenvalue weighted by atomic mass is 10.0. The van der Waals surface area contributed by atoms with E-state index in [1.54, 1.807) is 18.4 Å². The molecule has 3 heteroatoms. The zero-order valence-electron chi connectivity index (χ0n) is 9.70. The van der Waals surface area contributed by atoms with Crippen LogP contribution in [0.1, 0.15) is 10.4 Å². The molecule has 1 heterocycles. The number of aryl methyl sites for hydroxylation is 2. The average molecular weight is 233 g/mol. The number of ether oxygens (including phenoxy) is 1. The average Bonchev–Trinajstić information content (AvgIpc) is 2.58. The lowest BCUT2D eigenvalue weighted by Gasteiger charge is -2.07. The van der Waals surface area contributed by atoms with E-state index < -0.39 is 0 Å². The lowest BCUT2D eigenvalue weighted by molar-refractivity contribution is 0.412. The lowest BCUT2D eigenvalue weighted by Crippen LogP contribution is -1.87. The molecule has 0 atom stereocenters. The fourth-order valence-electron chi connectivity index (χ4n) is 1.84. The summed E-state index contributed by atoms with van der Waals surface area (Å²) in [4.78, 5) is 1.25. The van der Waals surface area contributed by atoms with Gasteiger partial charge in [-0.1, -0.05) is 6.07 Å². The van der Waals surface area contributed by atoms with Gasteiger partial charge in [-0.05, 0) is 48.7 Å². The molecule has 0 amide bonds. The number of methoxy groups -OCH3 is 1. The Morgan fingerprint density at radius 2 is 1.94 bits per heavy atom. The van der Waals surface area contributed by atoms with Gasteiger partial charge in [-0.3, -0.25) is 0 Å². The summed E-state index contributed by atoms with van der Waals surface area (Å²) in [5.74, 6) is 0.921. The Morgan fingerprint density at radius 1 is 1.19 bits per heavy atom. The number of thiophene rings is 1. The monoisotopic (exact) mass is 233 g/mol. The van der Waals surface area contributed by atoms with E-state index in [2.05, 4.69) is 19.1 Å². The maximum absolute atomic E-state index is 5.80. The first-order valence-corrected chi connectivity index (χ1v) is 5.94. The number of nitrogens with two attached hydrogens (primary N) is 1. The summed E-state index contributed by atoms with van der Waals surface area (Å²) in [6.07, 6.45) is 0. The second kappa shape index (κ2) is 4.18. The normalized spacial score (nSPS) is 10.4. The molecule has 0 fully saturated rings. The third-order valence-electron chi connectivity index (χ3n) is 2.64. The van der Waals surface area contributed by atoms with Crippen LogP contribution in [-0.2, 0) is 0 Å². The van der Waals surface area contributed by atoms with Gasteiger partial charge in [0.1, 0.15) is 5.75 Å². The van der Waals surface area contributed by atoms with Gasteiger partial charge in [-0.15, -0.1) is 11.3 Å². The predicted octanol–water partition coefficient (Wildman–Crippen LogP) is 3.62. The van der Waals surface area contributed by atoms with E-state index in [1.165, 1.54) is 16.0 Å². The fourth-order valence-corrected chi connectivity index (χ4v) is 2.65. The summed E-state index contributed by atoms with van der Waals surface area (Å²) < 4.78 is 5.25. The number of hydrogen-bond acceptors (Lipinski definition) is 3. The SMILES string of the molecule is COc1ccc(-c2cc(N)sc2C)cc1C. The standard InChI is InChI=1S/C13H15NOS/c1-8-6-10(4-5-12(8)15-3)11-7-13(14)16-9(11)2/h4-7H,14H2,1-3H3. The highest BCUT2D eigenvalue weighted by atomic mass is 32.1. The summed E-state index contributed by atoms with van der Waals surface area (Å²) >= 11 is 1.63. The largest absolute Gasteiger partial charge is 0.496 e. The molecular formula is C13H15NOS. The van der Waals surface area contributed by atoms with Crippen LogP contribution < -0.4 is 10.5 Å². The first-order chi connectivity index (χ1) is 7.61. The molecule has 0 saturated heterocycles. The van der Waals surface area contributed by atoms with Crippen molar-refractivity contribution in [2.45, 2.75) is 13.8 Å². The Balaban J connectivity index is 2.49. The van der Waals surface area contributed by atoms with E-state index in [4.69, 9.17) is 10.5 Å². The van der Waals surface area contributed by atoms with Gasteiger partial charge in [0.25, 0.3) is 0 Å². The van der Waals surface area contributed by atoms with E-state index in [0.717, 1.165) is 16.3 Å². The summed E-state index contributed by atoms with van der Waals surface area (Å²) in [5.41, 5.74) is 9.36. The summed E-state index contributed by atoms with van der Waals surface area (Å²) in [7, 11) is 1.69. The van der Waals surface area contributed by atoms with Crippen LogP contribution in [0.3, 0.4) is 0 Å². The molecular weight excluding hydrogens is 218 g/mol. The molecule has 0 radical (unpaired) electrons. The zero-order chi connectivity index (χ0) is 11.7. The van der Waals surface area contributed by atoms with Crippen molar-refractivity contribution < 1.29 is 4.74 Å². The minimum atomic E-state index is 0.862. The van der Waals surface area contributed by atoms with Crippen LogP contribution in [0.2, 0.25) is 0 Å². The Bertz CT molecular complexity index is 517. The molecule has 2 N–H and O–H groups in total. The molecule has 84 valence electrons. The van der Waals surface area contributed by atoms with Gasteiger partial charge in [-0.25, -0.2) is 0 Å². The van der Waals surface area contributed by atoms with Crippen LogP contribution >= 0.6 is 11.3 Å². The number of rotatable bonds is 2. The van der Waals surface area contributed by atoms with Crippen LogP contribution in [0.4, 0.5) is 5.00 Å². The first-order valence-electron chi connectivity index (χ1n) is 5.12. The van der Waals surface area contributed by atoms with Crippen molar-refractivity contribution in [2.75, 3.05) is 12.8 Å². The highest BCUT2D eigenvalue weighted by molar-refractivity contribution is 7.16. The molecule has 0 unspecified atom stereocenters. The molecule has 0 saturated carbocycles. The topological polar surface area (TPSA) is 35.2 Å². The molecule has 1 aromatic heterocycles. The van der Waals surface area contributed by atoms with Gasteiger partial charge in [0.2, 0.25) is 0 Å². The van der Waals surface area contributed by atoms with Gasteiger partial charge < -0.3 is 10.5 Å². The summed E-state index contributed by atoms with van der Waals surface area (Å²) in [6, 6.07) is 8.23. The second-order valence-corrected chi connectivity index (χ2v) is 5.09. The van der Waals surface area contributed by atoms with Crippen molar-refractivity contribution >= 4 is 16.3 Å². The van der Waals surface area contributed by atoms with Crippen molar-refractivity contribution in [3.8, 4) is 16.9 Å². The summed E-state index contributed by atoms with van der Waals surface area (Å²) in [6.45, 7) is 4.14. The smallest absolute Gasteiger partial charge is 0.121 e. The molecule has 1 aromatic carbocycles. The van der Waals surface area contributed by atoms with Crippen molar-refractivity contribution in [3.63, 3.8) is 0 Å². The molecule has 0 aliphatic rings. The zero-order valence-corrected chi connectivity index (χ0v) is 10.5. The van der Waals surface area contributed by atoms with E-state index in [1.807, 2.05) is 19.1 Å². The molecule has 0 spiro atoms. The third kappa shape index (κ3) is 1.91. The first kappa shape index (κ1) is 11.0. The minimum absolute atomic E-state index is 0.862. The molecule has 16 heavy (non-hydrogen) atoms. The van der Waals surface area contributed by atoms with E-state index in [0.29, 0.717) is 0 Å². The van der Waals surface area contributed by atoms with Crippen molar-refractivity contribution in [3.05, 3.63) is 34.7 Å². The van der Waals surface area contributed by atoms with Gasteiger partial charge in [0, 0.05) is 4.88 Å². The molecule has 2 nitrogen and oxygen atoms in total. The maximum Gasteiger partial charge on any atom is 0.121 e. The van der Waals surface area contributed by atoms with Gasteiger partial charge in [-0.2, -0.15) is 0 Å². The Hall–Kier alpha value is -1.48.